The first-order valence-electron chi connectivity index (χ1n) is 5.83. The third kappa shape index (κ3) is 3.35. The van der Waals surface area contributed by atoms with Crippen molar-refractivity contribution >= 4 is 5.82 Å². The molecule has 0 atom stereocenters. The molecule has 0 unspecified atom stereocenters. The summed E-state index contributed by atoms with van der Waals surface area (Å²) in [7, 11) is 0. The van der Waals surface area contributed by atoms with Gasteiger partial charge >= 0.3 is 6.18 Å². The van der Waals surface area contributed by atoms with E-state index < -0.39 is 11.7 Å². The zero-order valence-electron chi connectivity index (χ0n) is 9.43. The molecule has 0 radical (unpaired) electrons. The molecule has 1 fully saturated rings. The van der Waals surface area contributed by atoms with E-state index in [0.717, 1.165) is 18.8 Å². The summed E-state index contributed by atoms with van der Waals surface area (Å²) in [6, 6.07) is 2.45. The summed E-state index contributed by atoms with van der Waals surface area (Å²) in [6.07, 6.45) is 1.48. The predicted molar refractivity (Wildman–Crippen MR) is 59.7 cm³/mol. The van der Waals surface area contributed by atoms with Gasteiger partial charge in [-0.15, -0.1) is 0 Å². The minimum Gasteiger partial charge on any atom is -0.370 e. The van der Waals surface area contributed by atoms with Gasteiger partial charge in [-0.1, -0.05) is 12.8 Å². The van der Waals surface area contributed by atoms with Gasteiger partial charge in [0.15, 0.2) is 0 Å². The van der Waals surface area contributed by atoms with Crippen LogP contribution in [0.3, 0.4) is 0 Å². The number of pyridine rings is 1. The summed E-state index contributed by atoms with van der Waals surface area (Å²) in [5.74, 6) is 1.16. The molecule has 1 N–H and O–H groups in total. The lowest BCUT2D eigenvalue weighted by atomic mass is 10.1. The van der Waals surface area contributed by atoms with Crippen molar-refractivity contribution < 1.29 is 13.2 Å². The Balaban J connectivity index is 1.89. The highest BCUT2D eigenvalue weighted by Crippen LogP contribution is 2.29. The number of alkyl halides is 3. The van der Waals surface area contributed by atoms with E-state index in [0.29, 0.717) is 11.7 Å². The first-order chi connectivity index (χ1) is 8.05. The second-order valence-electron chi connectivity index (χ2n) is 4.46. The minimum atomic E-state index is -4.31. The van der Waals surface area contributed by atoms with Crippen LogP contribution in [0.2, 0.25) is 0 Å². The lowest BCUT2D eigenvalue weighted by Gasteiger charge is -2.12. The van der Waals surface area contributed by atoms with E-state index in [-0.39, 0.29) is 0 Å². The summed E-state index contributed by atoms with van der Waals surface area (Å²) in [5, 5.41) is 3.09. The maximum atomic E-state index is 12.3. The second kappa shape index (κ2) is 4.94. The Morgan fingerprint density at radius 2 is 1.94 bits per heavy atom. The molecule has 1 aliphatic rings. The third-order valence-electron chi connectivity index (χ3n) is 3.14. The van der Waals surface area contributed by atoms with E-state index in [4.69, 9.17) is 0 Å². The van der Waals surface area contributed by atoms with E-state index in [2.05, 4.69) is 10.3 Å². The average molecular weight is 244 g/mol. The molecule has 0 amide bonds. The zero-order valence-corrected chi connectivity index (χ0v) is 9.43. The molecule has 1 aromatic heterocycles. The van der Waals surface area contributed by atoms with E-state index in [1.54, 1.807) is 0 Å². The predicted octanol–water partition coefficient (Wildman–Crippen LogP) is 3.70. The van der Waals surface area contributed by atoms with Crippen molar-refractivity contribution in [3.05, 3.63) is 23.9 Å². The molecule has 2 nitrogen and oxygen atoms in total. The number of halogens is 3. The Kier molecular flexibility index (Phi) is 3.54. The molecule has 1 heterocycles. The van der Waals surface area contributed by atoms with Gasteiger partial charge in [0, 0.05) is 12.7 Å². The van der Waals surface area contributed by atoms with E-state index >= 15 is 0 Å². The second-order valence-corrected chi connectivity index (χ2v) is 4.46. The molecule has 17 heavy (non-hydrogen) atoms. The van der Waals surface area contributed by atoms with Gasteiger partial charge < -0.3 is 5.32 Å². The van der Waals surface area contributed by atoms with Gasteiger partial charge in [-0.3, -0.25) is 0 Å². The Hall–Kier alpha value is -1.26. The number of anilines is 1. The van der Waals surface area contributed by atoms with Crippen LogP contribution in [-0.2, 0) is 6.18 Å². The largest absolute Gasteiger partial charge is 0.417 e. The molecule has 94 valence electrons. The number of hydrogen-bond donors (Lipinski definition) is 1. The van der Waals surface area contributed by atoms with Crippen LogP contribution in [0.25, 0.3) is 0 Å². The Bertz CT molecular complexity index is 353. The minimum absolute atomic E-state index is 0.518. The van der Waals surface area contributed by atoms with Gasteiger partial charge in [0.1, 0.15) is 5.82 Å². The fraction of sp³-hybridized carbons (Fsp3) is 0.583. The first-order valence-corrected chi connectivity index (χ1v) is 5.83. The van der Waals surface area contributed by atoms with Crippen molar-refractivity contribution in [1.82, 2.24) is 4.98 Å². The Morgan fingerprint density at radius 1 is 1.24 bits per heavy atom. The number of aromatic nitrogens is 1. The third-order valence-corrected chi connectivity index (χ3v) is 3.14. The standard InChI is InChI=1S/C12H15F3N2/c13-12(14,15)10-5-6-11(17-8-10)16-7-9-3-1-2-4-9/h5-6,8-9H,1-4,7H2,(H,16,17). The number of nitrogens with zero attached hydrogens (tertiary/aromatic N) is 1. The van der Waals surface area contributed by atoms with Crippen LogP contribution >= 0.6 is 0 Å². The molecule has 0 aliphatic heterocycles. The van der Waals surface area contributed by atoms with E-state index in [9.17, 15) is 13.2 Å². The fourth-order valence-electron chi connectivity index (χ4n) is 2.13. The van der Waals surface area contributed by atoms with Crippen LogP contribution in [-0.4, -0.2) is 11.5 Å². The summed E-state index contributed by atoms with van der Waals surface area (Å²) < 4.78 is 36.9. The van der Waals surface area contributed by atoms with Gasteiger partial charge in [0.25, 0.3) is 0 Å². The first kappa shape index (κ1) is 12.2. The normalized spacial score (nSPS) is 17.4. The highest BCUT2D eigenvalue weighted by atomic mass is 19.4. The van der Waals surface area contributed by atoms with E-state index in [1.807, 2.05) is 0 Å². The van der Waals surface area contributed by atoms with Crippen molar-refractivity contribution in [2.45, 2.75) is 31.9 Å². The van der Waals surface area contributed by atoms with Crippen LogP contribution in [0.15, 0.2) is 18.3 Å². The molecule has 0 aromatic carbocycles. The van der Waals surface area contributed by atoms with Crippen molar-refractivity contribution in [2.75, 3.05) is 11.9 Å². The molecular formula is C12H15F3N2. The SMILES string of the molecule is FC(F)(F)c1ccc(NCC2CCCC2)nc1. The van der Waals surface area contributed by atoms with E-state index in [1.165, 1.54) is 31.7 Å². The molecule has 2 rings (SSSR count). The quantitative estimate of drug-likeness (QED) is 0.876. The molecule has 0 bridgehead atoms. The maximum absolute atomic E-state index is 12.3. The number of nitrogens with one attached hydrogen (secondary N) is 1. The van der Waals surface area contributed by atoms with Crippen LogP contribution in [0.5, 0.6) is 0 Å². The number of rotatable bonds is 3. The van der Waals surface area contributed by atoms with Crippen LogP contribution in [0.1, 0.15) is 31.2 Å². The molecule has 1 aliphatic carbocycles. The zero-order chi connectivity index (χ0) is 12.3. The van der Waals surface area contributed by atoms with Gasteiger partial charge in [0.2, 0.25) is 0 Å². The molecule has 0 saturated heterocycles. The van der Waals surface area contributed by atoms with Gasteiger partial charge in [0.05, 0.1) is 5.56 Å². The van der Waals surface area contributed by atoms with Gasteiger partial charge in [-0.25, -0.2) is 4.98 Å². The smallest absolute Gasteiger partial charge is 0.370 e. The van der Waals surface area contributed by atoms with Crippen LogP contribution in [0, 0.1) is 5.92 Å². The summed E-state index contributed by atoms with van der Waals surface area (Å²) >= 11 is 0. The van der Waals surface area contributed by atoms with Gasteiger partial charge in [-0.2, -0.15) is 13.2 Å². The highest BCUT2D eigenvalue weighted by Gasteiger charge is 2.30. The van der Waals surface area contributed by atoms with Crippen molar-refractivity contribution in [2.24, 2.45) is 5.92 Å². The lowest BCUT2D eigenvalue weighted by molar-refractivity contribution is -0.137. The van der Waals surface area contributed by atoms with Crippen molar-refractivity contribution in [1.29, 1.82) is 0 Å². The van der Waals surface area contributed by atoms with Crippen LogP contribution in [0.4, 0.5) is 19.0 Å². The molecule has 0 spiro atoms. The Labute approximate surface area is 98.2 Å². The van der Waals surface area contributed by atoms with Crippen molar-refractivity contribution in [3.8, 4) is 0 Å². The molecule has 5 heteroatoms. The topological polar surface area (TPSA) is 24.9 Å². The van der Waals surface area contributed by atoms with Crippen molar-refractivity contribution in [3.63, 3.8) is 0 Å². The fourth-order valence-corrected chi connectivity index (χ4v) is 2.13. The highest BCUT2D eigenvalue weighted by molar-refractivity contribution is 5.36. The van der Waals surface area contributed by atoms with Gasteiger partial charge in [-0.05, 0) is 30.9 Å². The molecule has 1 saturated carbocycles. The number of hydrogen-bond acceptors (Lipinski definition) is 2. The molecule has 1 aromatic rings. The van der Waals surface area contributed by atoms with Crippen LogP contribution < -0.4 is 5.32 Å². The summed E-state index contributed by atoms with van der Waals surface area (Å²) in [5.41, 5.74) is -0.705. The lowest BCUT2D eigenvalue weighted by Crippen LogP contribution is -2.12. The molecular weight excluding hydrogens is 229 g/mol. The monoisotopic (exact) mass is 244 g/mol. The average Bonchev–Trinajstić information content (AvgIpc) is 2.78. The summed E-state index contributed by atoms with van der Waals surface area (Å²) in [4.78, 5) is 3.77. The Morgan fingerprint density at radius 3 is 2.47 bits per heavy atom. The maximum Gasteiger partial charge on any atom is 0.417 e. The summed E-state index contributed by atoms with van der Waals surface area (Å²) in [6.45, 7) is 0.804.